The van der Waals surface area contributed by atoms with E-state index in [4.69, 9.17) is 16.7 Å². The molecule has 0 aliphatic carbocycles. The first-order chi connectivity index (χ1) is 9.99. The van der Waals surface area contributed by atoms with Gasteiger partial charge in [-0.05, 0) is 24.3 Å². The maximum Gasteiger partial charge on any atom is 0.337 e. The SMILES string of the molecule is O=C(Nc1ccccc1Cl)Nc1c(F)cccc1C(=O)O. The summed E-state index contributed by atoms with van der Waals surface area (Å²) in [6.07, 6.45) is 0. The monoisotopic (exact) mass is 308 g/mol. The molecule has 108 valence electrons. The molecule has 3 N–H and O–H groups in total. The second-order valence-corrected chi connectivity index (χ2v) is 4.43. The third-order valence-corrected chi connectivity index (χ3v) is 2.93. The first kappa shape index (κ1) is 14.8. The Hall–Kier alpha value is -2.60. The van der Waals surface area contributed by atoms with E-state index in [-0.39, 0.29) is 5.56 Å². The predicted molar refractivity (Wildman–Crippen MR) is 77.5 cm³/mol. The van der Waals surface area contributed by atoms with E-state index < -0.39 is 23.5 Å². The lowest BCUT2D eigenvalue weighted by molar-refractivity contribution is 0.0697. The van der Waals surface area contributed by atoms with Crippen molar-refractivity contribution < 1.29 is 19.1 Å². The van der Waals surface area contributed by atoms with E-state index in [2.05, 4.69) is 10.6 Å². The fourth-order valence-corrected chi connectivity index (χ4v) is 1.84. The van der Waals surface area contributed by atoms with Crippen LogP contribution in [-0.4, -0.2) is 17.1 Å². The van der Waals surface area contributed by atoms with E-state index in [1.807, 2.05) is 0 Å². The molecule has 0 atom stereocenters. The number of hydrogen-bond acceptors (Lipinski definition) is 2. The number of carbonyl (C=O) groups is 2. The van der Waals surface area contributed by atoms with Gasteiger partial charge in [-0.1, -0.05) is 29.8 Å². The number of aromatic carboxylic acids is 1. The molecule has 0 saturated carbocycles. The smallest absolute Gasteiger partial charge is 0.337 e. The van der Waals surface area contributed by atoms with Gasteiger partial charge in [-0.25, -0.2) is 14.0 Å². The van der Waals surface area contributed by atoms with Crippen LogP contribution in [0.25, 0.3) is 0 Å². The van der Waals surface area contributed by atoms with Gasteiger partial charge in [-0.15, -0.1) is 0 Å². The number of benzene rings is 2. The topological polar surface area (TPSA) is 78.4 Å². The van der Waals surface area contributed by atoms with Crippen molar-refractivity contribution in [3.63, 3.8) is 0 Å². The van der Waals surface area contributed by atoms with Crippen molar-refractivity contribution in [2.75, 3.05) is 10.6 Å². The van der Waals surface area contributed by atoms with Crippen molar-refractivity contribution in [3.05, 3.63) is 58.9 Å². The summed E-state index contributed by atoms with van der Waals surface area (Å²) >= 11 is 5.87. The molecule has 0 unspecified atom stereocenters. The first-order valence-electron chi connectivity index (χ1n) is 5.83. The van der Waals surface area contributed by atoms with Crippen molar-refractivity contribution >= 4 is 35.0 Å². The lowest BCUT2D eigenvalue weighted by Gasteiger charge is -2.11. The molecule has 0 fully saturated rings. The highest BCUT2D eigenvalue weighted by Crippen LogP contribution is 2.23. The summed E-state index contributed by atoms with van der Waals surface area (Å²) in [5.74, 6) is -2.19. The Morgan fingerprint density at radius 3 is 2.43 bits per heavy atom. The van der Waals surface area contributed by atoms with Gasteiger partial charge in [0.15, 0.2) is 0 Å². The number of carboxylic acid groups (broad SMARTS) is 1. The maximum atomic E-state index is 13.7. The minimum atomic E-state index is -1.34. The number of urea groups is 1. The number of carboxylic acids is 1. The number of hydrogen-bond donors (Lipinski definition) is 3. The zero-order valence-corrected chi connectivity index (χ0v) is 11.3. The Balaban J connectivity index is 2.21. The van der Waals surface area contributed by atoms with Gasteiger partial charge in [0.05, 0.1) is 22.0 Å². The van der Waals surface area contributed by atoms with Crippen LogP contribution >= 0.6 is 11.6 Å². The fourth-order valence-electron chi connectivity index (χ4n) is 1.66. The molecule has 0 aliphatic heterocycles. The third kappa shape index (κ3) is 3.49. The molecule has 2 aromatic rings. The molecule has 0 spiro atoms. The van der Waals surface area contributed by atoms with Crippen molar-refractivity contribution in [2.24, 2.45) is 0 Å². The number of rotatable bonds is 3. The first-order valence-corrected chi connectivity index (χ1v) is 6.21. The normalized spacial score (nSPS) is 10.0. The van der Waals surface area contributed by atoms with Crippen LogP contribution in [0.1, 0.15) is 10.4 Å². The molecule has 0 saturated heterocycles. The summed E-state index contributed by atoms with van der Waals surface area (Å²) in [7, 11) is 0. The minimum absolute atomic E-state index is 0.305. The Kier molecular flexibility index (Phi) is 4.39. The summed E-state index contributed by atoms with van der Waals surface area (Å²) < 4.78 is 13.7. The summed E-state index contributed by atoms with van der Waals surface area (Å²) in [5.41, 5.74) is -0.427. The fraction of sp³-hybridized carbons (Fsp3) is 0. The van der Waals surface area contributed by atoms with Crippen LogP contribution in [-0.2, 0) is 0 Å². The summed E-state index contributed by atoms with van der Waals surface area (Å²) in [6.45, 7) is 0. The highest BCUT2D eigenvalue weighted by atomic mass is 35.5. The van der Waals surface area contributed by atoms with E-state index in [0.717, 1.165) is 6.07 Å². The van der Waals surface area contributed by atoms with E-state index in [1.165, 1.54) is 12.1 Å². The van der Waals surface area contributed by atoms with Gasteiger partial charge in [0.1, 0.15) is 5.82 Å². The van der Waals surface area contributed by atoms with Gasteiger partial charge in [0.2, 0.25) is 0 Å². The van der Waals surface area contributed by atoms with Gasteiger partial charge in [0.25, 0.3) is 0 Å². The summed E-state index contributed by atoms with van der Waals surface area (Å²) in [5, 5.41) is 13.9. The van der Waals surface area contributed by atoms with E-state index >= 15 is 0 Å². The second kappa shape index (κ2) is 6.23. The summed E-state index contributed by atoms with van der Waals surface area (Å²) in [4.78, 5) is 22.8. The molecular formula is C14H10ClFN2O3. The van der Waals surface area contributed by atoms with E-state index in [9.17, 15) is 14.0 Å². The number of halogens is 2. The number of amides is 2. The van der Waals surface area contributed by atoms with Crippen molar-refractivity contribution in [1.29, 1.82) is 0 Å². The van der Waals surface area contributed by atoms with E-state index in [1.54, 1.807) is 24.3 Å². The van der Waals surface area contributed by atoms with Gasteiger partial charge < -0.3 is 15.7 Å². The van der Waals surface area contributed by atoms with Crippen molar-refractivity contribution in [2.45, 2.75) is 0 Å². The lowest BCUT2D eigenvalue weighted by Crippen LogP contribution is -2.22. The summed E-state index contributed by atoms with van der Waals surface area (Å²) in [6, 6.07) is 9.17. The van der Waals surface area contributed by atoms with Crippen LogP contribution < -0.4 is 10.6 Å². The zero-order chi connectivity index (χ0) is 15.4. The predicted octanol–water partition coefficient (Wildman–Crippen LogP) is 3.82. The molecule has 0 aliphatic rings. The zero-order valence-electron chi connectivity index (χ0n) is 10.6. The molecule has 2 rings (SSSR count). The van der Waals surface area contributed by atoms with Crippen LogP contribution in [0.3, 0.4) is 0 Å². The molecule has 0 heterocycles. The molecular weight excluding hydrogens is 299 g/mol. The quantitative estimate of drug-likeness (QED) is 0.806. The molecule has 0 radical (unpaired) electrons. The Morgan fingerprint density at radius 1 is 1.05 bits per heavy atom. The average molecular weight is 309 g/mol. The lowest BCUT2D eigenvalue weighted by atomic mass is 10.1. The Labute approximate surface area is 124 Å². The molecule has 2 amide bonds. The molecule has 0 aromatic heterocycles. The molecule has 21 heavy (non-hydrogen) atoms. The van der Waals surface area contributed by atoms with E-state index in [0.29, 0.717) is 10.7 Å². The Morgan fingerprint density at radius 2 is 1.76 bits per heavy atom. The molecule has 5 nitrogen and oxygen atoms in total. The molecule has 7 heteroatoms. The third-order valence-electron chi connectivity index (χ3n) is 2.60. The highest BCUT2D eigenvalue weighted by molar-refractivity contribution is 6.33. The average Bonchev–Trinajstić information content (AvgIpc) is 2.43. The number of anilines is 2. The number of para-hydroxylation sites is 2. The number of nitrogens with one attached hydrogen (secondary N) is 2. The van der Waals surface area contributed by atoms with Gasteiger partial charge in [-0.2, -0.15) is 0 Å². The van der Waals surface area contributed by atoms with Crippen LogP contribution in [0.5, 0.6) is 0 Å². The van der Waals surface area contributed by atoms with Gasteiger partial charge in [0, 0.05) is 0 Å². The number of carbonyl (C=O) groups excluding carboxylic acids is 1. The van der Waals surface area contributed by atoms with Crippen LogP contribution in [0.15, 0.2) is 42.5 Å². The van der Waals surface area contributed by atoms with Crippen molar-refractivity contribution in [1.82, 2.24) is 0 Å². The second-order valence-electron chi connectivity index (χ2n) is 4.03. The minimum Gasteiger partial charge on any atom is -0.478 e. The van der Waals surface area contributed by atoms with Gasteiger partial charge in [-0.3, -0.25) is 0 Å². The van der Waals surface area contributed by atoms with Crippen molar-refractivity contribution in [3.8, 4) is 0 Å². The Bertz CT molecular complexity index is 706. The highest BCUT2D eigenvalue weighted by Gasteiger charge is 2.16. The molecule has 0 bridgehead atoms. The van der Waals surface area contributed by atoms with Crippen LogP contribution in [0.4, 0.5) is 20.6 Å². The maximum absolute atomic E-state index is 13.7. The largest absolute Gasteiger partial charge is 0.478 e. The molecule has 2 aromatic carbocycles. The standard InChI is InChI=1S/C14H10ClFN2O3/c15-9-5-1-2-7-11(9)17-14(21)18-12-8(13(19)20)4-3-6-10(12)16/h1-7H,(H,19,20)(H2,17,18,21). The van der Waals surface area contributed by atoms with Crippen LogP contribution in [0.2, 0.25) is 5.02 Å². The van der Waals surface area contributed by atoms with Gasteiger partial charge >= 0.3 is 12.0 Å². The van der Waals surface area contributed by atoms with Crippen LogP contribution in [0, 0.1) is 5.82 Å².